The number of fused-ring (bicyclic) bond motifs is 3. The Bertz CT molecular complexity index is 1640. The lowest BCUT2D eigenvalue weighted by atomic mass is 10.1. The third-order valence-electron chi connectivity index (χ3n) is 5.58. The largest absolute Gasteiger partial charge is 0.490 e. The fraction of sp³-hybridized carbons (Fsp3) is 0.185. The molecule has 0 saturated heterocycles. The molecule has 0 aliphatic rings. The van der Waals surface area contributed by atoms with Crippen LogP contribution in [0.4, 0.5) is 0 Å². The first kappa shape index (κ1) is 23.7. The molecular weight excluding hydrogens is 503 g/mol. The van der Waals surface area contributed by atoms with Crippen molar-refractivity contribution < 1.29 is 9.47 Å². The normalized spacial score (nSPS) is 12.1. The molecule has 3 aromatic carbocycles. The first-order chi connectivity index (χ1) is 16.9. The number of nitrogens with zero attached hydrogens (tertiary/aromatic N) is 2. The van der Waals surface area contributed by atoms with Crippen LogP contribution in [0.2, 0.25) is 10.0 Å². The zero-order valence-electron chi connectivity index (χ0n) is 19.2. The number of thiazole rings is 1. The van der Waals surface area contributed by atoms with E-state index in [4.69, 9.17) is 32.7 Å². The quantitative estimate of drug-likeness (QED) is 0.241. The molecule has 0 fully saturated rings. The summed E-state index contributed by atoms with van der Waals surface area (Å²) in [6.45, 7) is 4.81. The van der Waals surface area contributed by atoms with Crippen molar-refractivity contribution in [3.8, 4) is 11.5 Å². The molecule has 0 aliphatic heterocycles. The van der Waals surface area contributed by atoms with Crippen molar-refractivity contribution in [3.05, 3.63) is 96.2 Å². The minimum Gasteiger partial charge on any atom is -0.490 e. The third-order valence-corrected chi connectivity index (χ3v) is 7.11. The first-order valence-electron chi connectivity index (χ1n) is 11.2. The number of halogens is 2. The predicted molar refractivity (Wildman–Crippen MR) is 144 cm³/mol. The van der Waals surface area contributed by atoms with Gasteiger partial charge in [0.2, 0.25) is 0 Å². The fourth-order valence-electron chi connectivity index (χ4n) is 3.98. The number of rotatable bonds is 7. The van der Waals surface area contributed by atoms with E-state index < -0.39 is 0 Å². The molecule has 178 valence electrons. The highest BCUT2D eigenvalue weighted by molar-refractivity contribution is 7.15. The number of para-hydroxylation sites is 2. The Morgan fingerprint density at radius 1 is 1.03 bits per heavy atom. The van der Waals surface area contributed by atoms with Gasteiger partial charge < -0.3 is 9.47 Å². The van der Waals surface area contributed by atoms with Gasteiger partial charge in [-0.1, -0.05) is 59.7 Å². The van der Waals surface area contributed by atoms with E-state index in [1.807, 2.05) is 43.3 Å². The van der Waals surface area contributed by atoms with Crippen LogP contribution in [0.3, 0.4) is 0 Å². The molecule has 2 heterocycles. The number of ether oxygens (including phenoxy) is 2. The van der Waals surface area contributed by atoms with Crippen molar-refractivity contribution in [2.45, 2.75) is 20.3 Å². The Labute approximate surface area is 216 Å². The number of benzene rings is 3. The number of imidazole rings is 1. The molecule has 0 saturated carbocycles. The summed E-state index contributed by atoms with van der Waals surface area (Å²) in [5.41, 5.74) is 4.57. The molecule has 5 aromatic rings. The molecule has 5 nitrogen and oxygen atoms in total. The SMILES string of the molecule is CCc1cc(C)cc(OCCOc2c(Cl)cc(/C=c3\sc4nc5ccccc5n4c3=O)cc2Cl)c1. The maximum Gasteiger partial charge on any atom is 0.274 e. The van der Waals surface area contributed by atoms with Gasteiger partial charge in [0.1, 0.15) is 19.0 Å². The van der Waals surface area contributed by atoms with Gasteiger partial charge in [0.25, 0.3) is 5.56 Å². The standard InChI is InChI=1S/C27H22Cl2N2O3S/c1-3-17-10-16(2)11-19(12-17)33-8-9-34-25-20(28)13-18(14-21(25)29)15-24-26(32)31-23-7-5-4-6-22(23)30-27(31)35-24/h4-7,10-15H,3,8-9H2,1-2H3/b24-15-. The van der Waals surface area contributed by atoms with E-state index in [-0.39, 0.29) is 12.2 Å². The summed E-state index contributed by atoms with van der Waals surface area (Å²) in [7, 11) is 0. The van der Waals surface area contributed by atoms with Crippen LogP contribution >= 0.6 is 34.5 Å². The van der Waals surface area contributed by atoms with Gasteiger partial charge in [-0.05, 0) is 72.5 Å². The highest BCUT2D eigenvalue weighted by atomic mass is 35.5. The Balaban J connectivity index is 1.33. The van der Waals surface area contributed by atoms with Crippen LogP contribution in [0.25, 0.3) is 22.1 Å². The van der Waals surface area contributed by atoms with Crippen LogP contribution in [0.5, 0.6) is 11.5 Å². The average molecular weight is 525 g/mol. The first-order valence-corrected chi connectivity index (χ1v) is 12.8. The number of aromatic nitrogens is 2. The third kappa shape index (κ3) is 4.87. The summed E-state index contributed by atoms with van der Waals surface area (Å²) in [6, 6.07) is 17.2. The van der Waals surface area contributed by atoms with Gasteiger partial charge in [-0.2, -0.15) is 0 Å². The van der Waals surface area contributed by atoms with Crippen molar-refractivity contribution in [1.82, 2.24) is 9.38 Å². The molecule has 0 unspecified atom stereocenters. The summed E-state index contributed by atoms with van der Waals surface area (Å²) in [4.78, 5) is 18.2. The van der Waals surface area contributed by atoms with Crippen molar-refractivity contribution in [2.24, 2.45) is 0 Å². The monoisotopic (exact) mass is 524 g/mol. The molecule has 2 aromatic heterocycles. The topological polar surface area (TPSA) is 52.8 Å². The van der Waals surface area contributed by atoms with E-state index in [1.54, 1.807) is 22.6 Å². The van der Waals surface area contributed by atoms with Crippen LogP contribution in [0, 0.1) is 6.92 Å². The molecule has 0 aliphatic carbocycles. The lowest BCUT2D eigenvalue weighted by molar-refractivity contribution is 0.217. The molecule has 0 bridgehead atoms. The van der Waals surface area contributed by atoms with Gasteiger partial charge in [-0.3, -0.25) is 4.79 Å². The molecule has 8 heteroatoms. The lowest BCUT2D eigenvalue weighted by Gasteiger charge is -2.12. The van der Waals surface area contributed by atoms with Crippen molar-refractivity contribution in [1.29, 1.82) is 0 Å². The summed E-state index contributed by atoms with van der Waals surface area (Å²) in [6.07, 6.45) is 2.72. The van der Waals surface area contributed by atoms with Gasteiger partial charge in [-0.25, -0.2) is 9.38 Å². The van der Waals surface area contributed by atoms with E-state index in [9.17, 15) is 4.79 Å². The van der Waals surface area contributed by atoms with Crippen LogP contribution < -0.4 is 19.6 Å². The van der Waals surface area contributed by atoms with E-state index in [2.05, 4.69) is 18.0 Å². The molecule has 0 spiro atoms. The maximum atomic E-state index is 13.0. The van der Waals surface area contributed by atoms with E-state index in [0.29, 0.717) is 37.5 Å². The zero-order chi connectivity index (χ0) is 24.5. The molecule has 0 N–H and O–H groups in total. The summed E-state index contributed by atoms with van der Waals surface area (Å²) >= 11 is 14.3. The minimum absolute atomic E-state index is 0.120. The number of hydrogen-bond acceptors (Lipinski definition) is 5. The Kier molecular flexibility index (Phi) is 6.69. The zero-order valence-corrected chi connectivity index (χ0v) is 21.5. The van der Waals surface area contributed by atoms with Crippen molar-refractivity contribution in [2.75, 3.05) is 13.2 Å². The second-order valence-corrected chi connectivity index (χ2v) is 9.98. The van der Waals surface area contributed by atoms with Crippen molar-refractivity contribution in [3.63, 3.8) is 0 Å². The summed E-state index contributed by atoms with van der Waals surface area (Å²) < 4.78 is 13.8. The average Bonchev–Trinajstić information content (AvgIpc) is 3.33. The highest BCUT2D eigenvalue weighted by Gasteiger charge is 2.13. The van der Waals surface area contributed by atoms with Gasteiger partial charge in [0, 0.05) is 0 Å². The van der Waals surface area contributed by atoms with Gasteiger partial charge in [0.05, 0.1) is 25.6 Å². The Morgan fingerprint density at radius 2 is 1.77 bits per heavy atom. The van der Waals surface area contributed by atoms with Crippen LogP contribution in [-0.2, 0) is 6.42 Å². The van der Waals surface area contributed by atoms with E-state index in [0.717, 1.165) is 28.8 Å². The molecule has 35 heavy (non-hydrogen) atoms. The Morgan fingerprint density at radius 3 is 2.54 bits per heavy atom. The maximum absolute atomic E-state index is 13.0. The second-order valence-electron chi connectivity index (χ2n) is 8.15. The fourth-order valence-corrected chi connectivity index (χ4v) is 5.58. The van der Waals surface area contributed by atoms with E-state index in [1.165, 1.54) is 16.9 Å². The van der Waals surface area contributed by atoms with Crippen LogP contribution in [-0.4, -0.2) is 22.6 Å². The molecule has 0 radical (unpaired) electrons. The lowest BCUT2D eigenvalue weighted by Crippen LogP contribution is -2.22. The smallest absolute Gasteiger partial charge is 0.274 e. The van der Waals surface area contributed by atoms with E-state index >= 15 is 0 Å². The predicted octanol–water partition coefficient (Wildman–Crippen LogP) is 6.09. The number of hydrogen-bond donors (Lipinski definition) is 0. The molecular formula is C27H22Cl2N2O3S. The van der Waals surface area contributed by atoms with Crippen LogP contribution in [0.15, 0.2) is 59.4 Å². The Hall–Kier alpha value is -3.06. The highest BCUT2D eigenvalue weighted by Crippen LogP contribution is 2.34. The van der Waals surface area contributed by atoms with Gasteiger partial charge in [0.15, 0.2) is 10.7 Å². The molecule has 5 rings (SSSR count). The summed E-state index contributed by atoms with van der Waals surface area (Å²) in [5.74, 6) is 1.21. The van der Waals surface area contributed by atoms with Crippen LogP contribution in [0.1, 0.15) is 23.6 Å². The molecule has 0 atom stereocenters. The van der Waals surface area contributed by atoms with Crippen molar-refractivity contribution >= 4 is 56.6 Å². The van der Waals surface area contributed by atoms with Gasteiger partial charge >= 0.3 is 0 Å². The second kappa shape index (κ2) is 9.90. The molecule has 0 amide bonds. The minimum atomic E-state index is -0.120. The summed E-state index contributed by atoms with van der Waals surface area (Å²) in [5, 5.41) is 0.735. The van der Waals surface area contributed by atoms with Gasteiger partial charge in [-0.15, -0.1) is 0 Å². The number of aryl methyl sites for hydroxylation is 2.